The zero-order valence-corrected chi connectivity index (χ0v) is 17.5. The van der Waals surface area contributed by atoms with Crippen LogP contribution in [-0.2, 0) is 17.1 Å². The molecule has 1 fully saturated rings. The molecule has 0 unspecified atom stereocenters. The van der Waals surface area contributed by atoms with Gasteiger partial charge in [-0.1, -0.05) is 0 Å². The van der Waals surface area contributed by atoms with Gasteiger partial charge >= 0.3 is 6.18 Å². The molecular formula is C17H13BrF4N4O3S. The Morgan fingerprint density at radius 2 is 1.97 bits per heavy atom. The number of carbonyl (C=O) groups is 1. The van der Waals surface area contributed by atoms with E-state index in [0.29, 0.717) is 0 Å². The number of aryl methyl sites for hydroxylation is 1. The Bertz CT molecular complexity index is 1180. The van der Waals surface area contributed by atoms with E-state index in [2.05, 4.69) is 21.2 Å². The van der Waals surface area contributed by atoms with Crippen LogP contribution < -0.4 is 10.0 Å². The van der Waals surface area contributed by atoms with Crippen molar-refractivity contribution in [3.63, 3.8) is 0 Å². The number of nitrogens with one attached hydrogen (secondary N) is 2. The van der Waals surface area contributed by atoms with Crippen molar-refractivity contribution in [2.75, 3.05) is 5.32 Å². The van der Waals surface area contributed by atoms with Gasteiger partial charge < -0.3 is 9.88 Å². The van der Waals surface area contributed by atoms with Crippen LogP contribution in [0.2, 0.25) is 0 Å². The van der Waals surface area contributed by atoms with E-state index < -0.39 is 38.4 Å². The second kappa shape index (κ2) is 7.36. The van der Waals surface area contributed by atoms with Crippen LogP contribution in [0.15, 0.2) is 33.8 Å². The third kappa shape index (κ3) is 3.94. The number of carbonyl (C=O) groups excluding carboxylic acids is 1. The largest absolute Gasteiger partial charge is 0.407 e. The molecule has 2 N–H and O–H groups in total. The third-order valence-electron chi connectivity index (χ3n) is 4.56. The maximum atomic E-state index is 13.4. The van der Waals surface area contributed by atoms with E-state index in [-0.39, 0.29) is 34.3 Å². The van der Waals surface area contributed by atoms with Crippen molar-refractivity contribution in [1.29, 1.82) is 5.26 Å². The van der Waals surface area contributed by atoms with Crippen molar-refractivity contribution in [3.8, 4) is 6.07 Å². The van der Waals surface area contributed by atoms with Gasteiger partial charge in [-0.05, 0) is 47.0 Å². The minimum absolute atomic E-state index is 0.0718. The first-order valence-corrected chi connectivity index (χ1v) is 10.6. The molecule has 1 saturated carbocycles. The second-order valence-electron chi connectivity index (χ2n) is 6.71. The highest BCUT2D eigenvalue weighted by Crippen LogP contribution is 2.50. The van der Waals surface area contributed by atoms with Crippen LogP contribution in [0.1, 0.15) is 28.9 Å². The van der Waals surface area contributed by atoms with E-state index >= 15 is 0 Å². The number of rotatable bonds is 5. The number of sulfonamides is 1. The Morgan fingerprint density at radius 3 is 2.50 bits per heavy atom. The molecule has 7 nitrogen and oxygen atoms in total. The van der Waals surface area contributed by atoms with Crippen LogP contribution in [0, 0.1) is 17.1 Å². The number of alkyl halides is 3. The summed E-state index contributed by atoms with van der Waals surface area (Å²) in [6.07, 6.45) is -4.50. The molecule has 1 amide bonds. The monoisotopic (exact) mass is 508 g/mol. The molecule has 0 atom stereocenters. The van der Waals surface area contributed by atoms with Gasteiger partial charge in [0.25, 0.3) is 5.91 Å². The molecule has 0 aliphatic heterocycles. The van der Waals surface area contributed by atoms with E-state index in [1.165, 1.54) is 13.1 Å². The molecule has 0 bridgehead atoms. The number of nitrogens with zero attached hydrogens (tertiary/aromatic N) is 2. The van der Waals surface area contributed by atoms with Gasteiger partial charge in [0, 0.05) is 18.9 Å². The molecule has 0 saturated heterocycles. The van der Waals surface area contributed by atoms with E-state index in [0.717, 1.165) is 22.9 Å². The van der Waals surface area contributed by atoms with Crippen LogP contribution in [0.5, 0.6) is 0 Å². The van der Waals surface area contributed by atoms with E-state index in [1.54, 1.807) is 10.8 Å². The van der Waals surface area contributed by atoms with Crippen molar-refractivity contribution in [2.24, 2.45) is 7.05 Å². The lowest BCUT2D eigenvalue weighted by atomic mass is 10.2. The molecule has 3 rings (SSSR count). The Morgan fingerprint density at radius 1 is 1.33 bits per heavy atom. The maximum absolute atomic E-state index is 13.4. The minimum atomic E-state index is -4.75. The van der Waals surface area contributed by atoms with Crippen LogP contribution >= 0.6 is 15.9 Å². The summed E-state index contributed by atoms with van der Waals surface area (Å²) >= 11 is 2.98. The fourth-order valence-corrected chi connectivity index (χ4v) is 5.55. The van der Waals surface area contributed by atoms with E-state index in [1.807, 2.05) is 0 Å². The first kappa shape index (κ1) is 22.3. The fraction of sp³-hybridized carbons (Fsp3) is 0.294. The van der Waals surface area contributed by atoms with Crippen LogP contribution in [-0.4, -0.2) is 30.6 Å². The van der Waals surface area contributed by atoms with Crippen molar-refractivity contribution in [3.05, 3.63) is 45.9 Å². The third-order valence-corrected chi connectivity index (χ3v) is 7.17. The number of anilines is 1. The normalized spacial score (nSPS) is 15.5. The number of halogens is 5. The van der Waals surface area contributed by atoms with Gasteiger partial charge in [0.1, 0.15) is 28.0 Å². The molecule has 160 valence electrons. The molecule has 1 heterocycles. The van der Waals surface area contributed by atoms with E-state index in [4.69, 9.17) is 5.26 Å². The fourth-order valence-electron chi connectivity index (χ4n) is 2.78. The summed E-state index contributed by atoms with van der Waals surface area (Å²) in [5, 5.41) is 11.3. The first-order valence-electron chi connectivity index (χ1n) is 8.28. The van der Waals surface area contributed by atoms with Gasteiger partial charge in [0.2, 0.25) is 10.0 Å². The lowest BCUT2D eigenvalue weighted by molar-refractivity contribution is -0.160. The molecular weight excluding hydrogens is 496 g/mol. The predicted octanol–water partition coefficient (Wildman–Crippen LogP) is 3.42. The van der Waals surface area contributed by atoms with Gasteiger partial charge in [-0.15, -0.1) is 0 Å². The highest BCUT2D eigenvalue weighted by Gasteiger charge is 2.65. The van der Waals surface area contributed by atoms with Gasteiger partial charge in [-0.25, -0.2) is 12.8 Å². The maximum Gasteiger partial charge on any atom is 0.407 e. The van der Waals surface area contributed by atoms with Crippen molar-refractivity contribution in [2.45, 2.75) is 29.5 Å². The SMILES string of the molecule is Cn1cc(S(=O)(=O)NC2(C(F)(F)F)CC2)c(Br)c1C(=O)Nc1ccc(F)c(C#N)c1. The summed E-state index contributed by atoms with van der Waals surface area (Å²) in [5.74, 6) is -1.60. The minimum Gasteiger partial charge on any atom is -0.344 e. The predicted molar refractivity (Wildman–Crippen MR) is 101 cm³/mol. The van der Waals surface area contributed by atoms with Crippen LogP contribution in [0.25, 0.3) is 0 Å². The standard InChI is InChI=1S/C17H13BrF4N4O3S/c1-26-8-12(30(28,29)25-16(4-5-16)17(20,21)22)13(18)14(26)15(27)24-10-2-3-11(19)9(6-10)7-23/h2-3,6,8,25H,4-5H2,1H3,(H,24,27). The Hall–Kier alpha value is -2.43. The van der Waals surface area contributed by atoms with Crippen LogP contribution in [0.4, 0.5) is 23.2 Å². The molecule has 0 spiro atoms. The molecule has 1 aliphatic carbocycles. The average molecular weight is 509 g/mol. The zero-order valence-electron chi connectivity index (χ0n) is 15.1. The Kier molecular flexibility index (Phi) is 5.46. The smallest absolute Gasteiger partial charge is 0.344 e. The number of benzene rings is 1. The number of amides is 1. The van der Waals surface area contributed by atoms with Crippen molar-refractivity contribution >= 4 is 37.5 Å². The molecule has 1 aromatic heterocycles. The number of hydrogen-bond acceptors (Lipinski definition) is 4. The topological polar surface area (TPSA) is 104 Å². The molecule has 2 aromatic rings. The van der Waals surface area contributed by atoms with Crippen LogP contribution in [0.3, 0.4) is 0 Å². The molecule has 1 aliphatic rings. The van der Waals surface area contributed by atoms with E-state index in [9.17, 15) is 30.8 Å². The lowest BCUT2D eigenvalue weighted by Gasteiger charge is -2.20. The Labute approximate surface area is 176 Å². The summed E-state index contributed by atoms with van der Waals surface area (Å²) in [5.41, 5.74) is -2.95. The molecule has 30 heavy (non-hydrogen) atoms. The Balaban J connectivity index is 1.90. The van der Waals surface area contributed by atoms with Gasteiger partial charge in [0.05, 0.1) is 10.0 Å². The lowest BCUT2D eigenvalue weighted by Crippen LogP contribution is -2.47. The summed E-state index contributed by atoms with van der Waals surface area (Å²) in [6.45, 7) is 0. The highest BCUT2D eigenvalue weighted by atomic mass is 79.9. The number of hydrogen-bond donors (Lipinski definition) is 2. The summed E-state index contributed by atoms with van der Waals surface area (Å²) in [6, 6.07) is 4.87. The van der Waals surface area contributed by atoms with Gasteiger partial charge in [0.15, 0.2) is 0 Å². The van der Waals surface area contributed by atoms with Gasteiger partial charge in [-0.2, -0.15) is 23.2 Å². The molecule has 13 heteroatoms. The quantitative estimate of drug-likeness (QED) is 0.603. The second-order valence-corrected chi connectivity index (χ2v) is 9.16. The van der Waals surface area contributed by atoms with Crippen molar-refractivity contribution in [1.82, 2.24) is 9.29 Å². The molecule has 1 aromatic carbocycles. The number of nitriles is 1. The number of aromatic nitrogens is 1. The first-order chi connectivity index (χ1) is 13.8. The highest BCUT2D eigenvalue weighted by molar-refractivity contribution is 9.10. The summed E-state index contributed by atoms with van der Waals surface area (Å²) < 4.78 is 80.5. The summed E-state index contributed by atoms with van der Waals surface area (Å²) in [7, 11) is -3.27. The zero-order chi connectivity index (χ0) is 22.5. The molecule has 0 radical (unpaired) electrons. The van der Waals surface area contributed by atoms with Crippen molar-refractivity contribution < 1.29 is 30.8 Å². The van der Waals surface area contributed by atoms with Gasteiger partial charge in [-0.3, -0.25) is 4.79 Å². The summed E-state index contributed by atoms with van der Waals surface area (Å²) in [4.78, 5) is 12.1. The average Bonchev–Trinajstić information content (AvgIpc) is 3.34.